The summed E-state index contributed by atoms with van der Waals surface area (Å²) >= 11 is 7.24. The molecule has 3 N–H and O–H groups in total. The van der Waals surface area contributed by atoms with Gasteiger partial charge in [-0.3, -0.25) is 9.59 Å². The fourth-order valence-electron chi connectivity index (χ4n) is 3.19. The second kappa shape index (κ2) is 8.96. The number of rotatable bonds is 5. The predicted molar refractivity (Wildman–Crippen MR) is 118 cm³/mol. The number of β-amino-alcohol motifs (C(OH)–C–C–N with tert-alkyl or cyclic N) is 1. The van der Waals surface area contributed by atoms with Crippen LogP contribution >= 0.6 is 22.9 Å². The van der Waals surface area contributed by atoms with Gasteiger partial charge in [-0.1, -0.05) is 22.9 Å². The fourth-order valence-corrected chi connectivity index (χ4v) is 4.18. The number of carbonyl (C=O) groups excluding carboxylic acids is 2. The monoisotopic (exact) mass is 458 g/mol. The van der Waals surface area contributed by atoms with E-state index in [2.05, 4.69) is 25.8 Å². The number of hydrogen-bond acceptors (Lipinski definition) is 8. The Morgan fingerprint density at radius 2 is 2.03 bits per heavy atom. The molecular formula is C20H19ClN6O3S. The van der Waals surface area contributed by atoms with Crippen LogP contribution in [0.5, 0.6) is 0 Å². The molecule has 3 aromatic rings. The lowest BCUT2D eigenvalue weighted by Crippen LogP contribution is -2.29. The molecule has 0 saturated carbocycles. The fraction of sp³-hybridized carbons (Fsp3) is 0.250. The van der Waals surface area contributed by atoms with Crippen molar-refractivity contribution in [2.45, 2.75) is 12.5 Å². The highest BCUT2D eigenvalue weighted by molar-refractivity contribution is 7.16. The highest BCUT2D eigenvalue weighted by Gasteiger charge is 2.28. The van der Waals surface area contributed by atoms with E-state index < -0.39 is 6.10 Å². The van der Waals surface area contributed by atoms with E-state index in [9.17, 15) is 14.7 Å². The number of likely N-dealkylation sites (tertiary alicyclic amines) is 1. The van der Waals surface area contributed by atoms with E-state index in [0.29, 0.717) is 46.5 Å². The normalized spacial score (nSPS) is 15.7. The number of halogens is 1. The first-order chi connectivity index (χ1) is 14.9. The smallest absolute Gasteiger partial charge is 0.284 e. The van der Waals surface area contributed by atoms with Gasteiger partial charge in [0.2, 0.25) is 5.01 Å². The maximum Gasteiger partial charge on any atom is 0.284 e. The summed E-state index contributed by atoms with van der Waals surface area (Å²) in [6.07, 6.45) is 1.63. The molecule has 31 heavy (non-hydrogen) atoms. The average molecular weight is 459 g/mol. The molecule has 0 spiro atoms. The van der Waals surface area contributed by atoms with Gasteiger partial charge in [0.05, 0.1) is 17.4 Å². The summed E-state index contributed by atoms with van der Waals surface area (Å²) in [5, 5.41) is 24.7. The van der Waals surface area contributed by atoms with E-state index in [4.69, 9.17) is 11.6 Å². The Hall–Kier alpha value is -3.08. The van der Waals surface area contributed by atoms with Crippen molar-refractivity contribution in [3.63, 3.8) is 0 Å². The van der Waals surface area contributed by atoms with Crippen molar-refractivity contribution in [2.75, 3.05) is 25.5 Å². The van der Waals surface area contributed by atoms with E-state index in [0.717, 1.165) is 17.0 Å². The second-order valence-corrected chi connectivity index (χ2v) is 8.30. The number of amides is 2. The molecule has 9 nitrogen and oxygen atoms in total. The third-order valence-corrected chi connectivity index (χ3v) is 5.96. The van der Waals surface area contributed by atoms with E-state index in [1.54, 1.807) is 48.5 Å². The molecular weight excluding hydrogens is 440 g/mol. The van der Waals surface area contributed by atoms with Crippen molar-refractivity contribution in [1.29, 1.82) is 0 Å². The van der Waals surface area contributed by atoms with E-state index >= 15 is 0 Å². The summed E-state index contributed by atoms with van der Waals surface area (Å²) in [5.74, 6) is -0.419. The van der Waals surface area contributed by atoms with Gasteiger partial charge in [0.25, 0.3) is 11.8 Å². The maximum atomic E-state index is 12.6. The van der Waals surface area contributed by atoms with Crippen LogP contribution in [-0.2, 0) is 0 Å². The van der Waals surface area contributed by atoms with Crippen LogP contribution in [0.25, 0.3) is 10.6 Å². The highest BCUT2D eigenvalue weighted by atomic mass is 35.5. The first kappa shape index (κ1) is 21.2. The van der Waals surface area contributed by atoms with Gasteiger partial charge in [-0.2, -0.15) is 0 Å². The summed E-state index contributed by atoms with van der Waals surface area (Å²) in [6, 6.07) is 8.61. The molecule has 160 valence electrons. The molecule has 1 saturated heterocycles. The molecule has 3 heterocycles. The molecule has 2 aromatic heterocycles. The number of nitrogens with zero attached hydrogens (tertiary/aromatic N) is 4. The molecule has 1 aliphatic rings. The van der Waals surface area contributed by atoms with Crippen molar-refractivity contribution in [1.82, 2.24) is 25.4 Å². The highest BCUT2D eigenvalue weighted by Crippen LogP contribution is 2.34. The molecule has 0 unspecified atom stereocenters. The zero-order valence-electron chi connectivity index (χ0n) is 16.5. The molecule has 2 amide bonds. The van der Waals surface area contributed by atoms with Gasteiger partial charge in [0, 0.05) is 37.6 Å². The van der Waals surface area contributed by atoms with Crippen LogP contribution in [0, 0.1) is 0 Å². The lowest BCUT2D eigenvalue weighted by atomic mass is 10.2. The minimum Gasteiger partial charge on any atom is -0.391 e. The van der Waals surface area contributed by atoms with Crippen LogP contribution in [-0.4, -0.2) is 63.2 Å². The number of anilines is 2. The molecule has 4 rings (SSSR count). The van der Waals surface area contributed by atoms with Crippen LogP contribution in [0.1, 0.15) is 26.6 Å². The lowest BCUT2D eigenvalue weighted by molar-refractivity contribution is 0.0763. The topological polar surface area (TPSA) is 120 Å². The molecule has 0 radical (unpaired) electrons. The Labute approximate surface area is 187 Å². The second-order valence-electron chi connectivity index (χ2n) is 6.94. The zero-order valence-corrected chi connectivity index (χ0v) is 18.1. The summed E-state index contributed by atoms with van der Waals surface area (Å²) in [6.45, 7) is 0.797. The van der Waals surface area contributed by atoms with Crippen molar-refractivity contribution in [3.8, 4) is 10.6 Å². The summed E-state index contributed by atoms with van der Waals surface area (Å²) in [5.41, 5.74) is 2.56. The molecule has 1 atom stereocenters. The molecule has 1 aliphatic heterocycles. The Bertz CT molecular complexity index is 1120. The third-order valence-electron chi connectivity index (χ3n) is 4.81. The van der Waals surface area contributed by atoms with Gasteiger partial charge in [0.15, 0.2) is 5.01 Å². The molecule has 11 heteroatoms. The Morgan fingerprint density at radius 1 is 1.26 bits per heavy atom. The van der Waals surface area contributed by atoms with Crippen molar-refractivity contribution < 1.29 is 14.7 Å². The number of benzene rings is 1. The number of carbonyl (C=O) groups is 2. The Kier molecular flexibility index (Phi) is 6.12. The number of aliphatic hydroxyl groups excluding tert-OH is 1. The van der Waals surface area contributed by atoms with E-state index in [1.165, 1.54) is 0 Å². The summed E-state index contributed by atoms with van der Waals surface area (Å²) in [7, 11) is 1.58. The number of nitrogens with one attached hydrogen (secondary N) is 2. The Balaban J connectivity index is 1.58. The molecule has 1 fully saturated rings. The third kappa shape index (κ3) is 4.66. The van der Waals surface area contributed by atoms with Gasteiger partial charge in [0.1, 0.15) is 5.15 Å². The van der Waals surface area contributed by atoms with Crippen molar-refractivity contribution >= 4 is 46.1 Å². The van der Waals surface area contributed by atoms with Crippen molar-refractivity contribution in [2.24, 2.45) is 0 Å². The quantitative estimate of drug-likeness (QED) is 0.502. The number of aliphatic hydroxyl groups is 1. The molecule has 0 bridgehead atoms. The van der Waals surface area contributed by atoms with Crippen molar-refractivity contribution in [3.05, 3.63) is 52.3 Å². The Morgan fingerprint density at radius 3 is 2.71 bits per heavy atom. The number of hydrogen-bond donors (Lipinski definition) is 3. The van der Waals surface area contributed by atoms with Gasteiger partial charge in [-0.05, 0) is 36.8 Å². The first-order valence-electron chi connectivity index (χ1n) is 9.50. The largest absolute Gasteiger partial charge is 0.391 e. The van der Waals surface area contributed by atoms with Gasteiger partial charge in [-0.25, -0.2) is 4.98 Å². The zero-order chi connectivity index (χ0) is 22.0. The minimum absolute atomic E-state index is 0.171. The van der Waals surface area contributed by atoms with Gasteiger partial charge >= 0.3 is 0 Å². The van der Waals surface area contributed by atoms with Crippen LogP contribution in [0.2, 0.25) is 5.15 Å². The van der Waals surface area contributed by atoms with Gasteiger partial charge < -0.3 is 20.6 Å². The minimum atomic E-state index is -0.498. The van der Waals surface area contributed by atoms with E-state index in [-0.39, 0.29) is 16.8 Å². The maximum absolute atomic E-state index is 12.6. The van der Waals surface area contributed by atoms with Crippen LogP contribution in [0.4, 0.5) is 11.4 Å². The van der Waals surface area contributed by atoms with Crippen LogP contribution in [0.15, 0.2) is 36.5 Å². The van der Waals surface area contributed by atoms with Crippen LogP contribution in [0.3, 0.4) is 0 Å². The number of pyridine rings is 1. The number of aromatic nitrogens is 3. The van der Waals surface area contributed by atoms with Gasteiger partial charge in [-0.15, -0.1) is 10.2 Å². The SMILES string of the molecule is CNC(=O)c1ccc(Nc2cc(Cl)ncc2-c2nnc(C(=O)N3CC[C@@H](O)C3)s2)cc1. The molecule has 0 aliphatic carbocycles. The first-order valence-corrected chi connectivity index (χ1v) is 10.7. The molecule has 1 aromatic carbocycles. The summed E-state index contributed by atoms with van der Waals surface area (Å²) in [4.78, 5) is 30.0. The van der Waals surface area contributed by atoms with E-state index in [1.807, 2.05) is 0 Å². The lowest BCUT2D eigenvalue weighted by Gasteiger charge is -2.12. The standard InChI is InChI=1S/C20H19ClN6O3S/c1-22-17(29)11-2-4-12(5-3-11)24-15-8-16(21)23-9-14(15)18-25-26-19(31-18)20(30)27-7-6-13(28)10-27/h2-5,8-9,13,28H,6-7,10H2,1H3,(H,22,29)(H,23,24)/t13-/m1/s1. The summed E-state index contributed by atoms with van der Waals surface area (Å²) < 4.78 is 0. The average Bonchev–Trinajstić information content (AvgIpc) is 3.43. The predicted octanol–water partition coefficient (Wildman–Crippen LogP) is 2.56. The van der Waals surface area contributed by atoms with Crippen LogP contribution < -0.4 is 10.6 Å².